The normalized spacial score (nSPS) is 17.5. The Morgan fingerprint density at radius 2 is 2.00 bits per heavy atom. The molecule has 0 aliphatic carbocycles. The van der Waals surface area contributed by atoms with Crippen molar-refractivity contribution in [2.24, 2.45) is 5.92 Å². The molecule has 0 saturated carbocycles. The smallest absolute Gasteiger partial charge is 0.338 e. The van der Waals surface area contributed by atoms with Crippen molar-refractivity contribution in [1.82, 2.24) is 9.37 Å². The second-order valence-electron chi connectivity index (χ2n) is 6.63. The molecule has 0 N–H and O–H groups in total. The van der Waals surface area contributed by atoms with Gasteiger partial charge in [-0.25, -0.2) is 13.2 Å². The van der Waals surface area contributed by atoms with Gasteiger partial charge >= 0.3 is 5.97 Å². The van der Waals surface area contributed by atoms with Crippen LogP contribution in [-0.2, 0) is 24.4 Å². The quantitative estimate of drug-likeness (QED) is 0.489. The number of nitrogens with zero attached hydrogens (tertiary/aromatic N) is 2. The van der Waals surface area contributed by atoms with Crippen molar-refractivity contribution in [3.63, 3.8) is 0 Å². The highest BCUT2D eigenvalue weighted by Gasteiger charge is 2.27. The summed E-state index contributed by atoms with van der Waals surface area (Å²) in [5.41, 5.74) is -0.0105. The van der Waals surface area contributed by atoms with Crippen LogP contribution in [0.3, 0.4) is 0 Å². The molecule has 1 aromatic carbocycles. The third-order valence-electron chi connectivity index (χ3n) is 4.61. The van der Waals surface area contributed by atoms with Gasteiger partial charge in [0.25, 0.3) is 15.9 Å². The number of ether oxygens (including phenoxy) is 2. The number of methoxy groups -OCH3 is 1. The number of esters is 1. The summed E-state index contributed by atoms with van der Waals surface area (Å²) in [6.45, 7) is 2.97. The molecule has 0 radical (unpaired) electrons. The number of carbonyl (C=O) groups is 2. The molecule has 1 fully saturated rings. The third-order valence-corrected chi connectivity index (χ3v) is 6.31. The minimum Gasteiger partial charge on any atom is -0.495 e. The number of sulfonamides is 1. The molecule has 1 amide bonds. The predicted octanol–water partition coefficient (Wildman–Crippen LogP) is 1.29. The molecule has 156 valence electrons. The number of likely N-dealkylation sites (tertiary alicyclic amines) is 1. The molecule has 1 aliphatic rings. The van der Waals surface area contributed by atoms with Gasteiger partial charge < -0.3 is 14.4 Å². The number of rotatable bonds is 7. The molecule has 1 heterocycles. The van der Waals surface area contributed by atoms with Gasteiger partial charge in [0.2, 0.25) is 0 Å². The van der Waals surface area contributed by atoms with E-state index < -0.39 is 22.6 Å². The van der Waals surface area contributed by atoms with E-state index in [-0.39, 0.29) is 22.1 Å². The standard InChI is InChI=1S/C18H26N2O7S/c1-13-6-5-9-20(11-13)17(21)12-27-18(22)14-7-8-15(25-3)16(10-14)28(23,24)19(2)26-4/h7-8,10,13H,5-6,9,11-12H2,1-4H3/t13-/m0/s1. The largest absolute Gasteiger partial charge is 0.495 e. The van der Waals surface area contributed by atoms with Crippen LogP contribution in [0.1, 0.15) is 30.1 Å². The Kier molecular flexibility index (Phi) is 7.39. The van der Waals surface area contributed by atoms with Crippen molar-refractivity contribution in [2.45, 2.75) is 24.7 Å². The van der Waals surface area contributed by atoms with Gasteiger partial charge in [-0.1, -0.05) is 11.4 Å². The Morgan fingerprint density at radius 3 is 2.61 bits per heavy atom. The number of hydrogen-bond acceptors (Lipinski definition) is 7. The molecule has 0 aromatic heterocycles. The zero-order valence-electron chi connectivity index (χ0n) is 16.5. The van der Waals surface area contributed by atoms with E-state index in [1.54, 1.807) is 4.90 Å². The molecule has 2 rings (SSSR count). The number of carbonyl (C=O) groups excluding carboxylic acids is 2. The lowest BCUT2D eigenvalue weighted by atomic mass is 10.0. The fraction of sp³-hybridized carbons (Fsp3) is 0.556. The minimum atomic E-state index is -4.04. The van der Waals surface area contributed by atoms with E-state index in [4.69, 9.17) is 14.3 Å². The maximum absolute atomic E-state index is 12.5. The first-order valence-corrected chi connectivity index (χ1v) is 10.3. The van der Waals surface area contributed by atoms with Crippen LogP contribution < -0.4 is 4.74 Å². The van der Waals surface area contributed by atoms with Gasteiger partial charge in [0.05, 0.1) is 19.8 Å². The highest BCUT2D eigenvalue weighted by atomic mass is 32.2. The van der Waals surface area contributed by atoms with Crippen molar-refractivity contribution in [3.05, 3.63) is 23.8 Å². The van der Waals surface area contributed by atoms with Crippen molar-refractivity contribution in [2.75, 3.05) is 41.0 Å². The summed E-state index contributed by atoms with van der Waals surface area (Å²) in [4.78, 5) is 30.8. The van der Waals surface area contributed by atoms with E-state index in [0.29, 0.717) is 23.5 Å². The molecule has 0 bridgehead atoms. The van der Waals surface area contributed by atoms with Crippen molar-refractivity contribution < 1.29 is 32.3 Å². The topological polar surface area (TPSA) is 102 Å². The molecule has 1 aromatic rings. The third kappa shape index (κ3) is 5.00. The summed E-state index contributed by atoms with van der Waals surface area (Å²) in [5, 5.41) is 0. The van der Waals surface area contributed by atoms with Crippen molar-refractivity contribution in [3.8, 4) is 5.75 Å². The fourth-order valence-electron chi connectivity index (χ4n) is 2.96. The number of hydroxylamine groups is 1. The summed E-state index contributed by atoms with van der Waals surface area (Å²) in [6.07, 6.45) is 2.00. The predicted molar refractivity (Wildman–Crippen MR) is 100 cm³/mol. The van der Waals surface area contributed by atoms with Gasteiger partial charge in [0.1, 0.15) is 10.6 Å². The lowest BCUT2D eigenvalue weighted by molar-refractivity contribution is -0.136. The monoisotopic (exact) mass is 414 g/mol. The highest BCUT2D eigenvalue weighted by Crippen LogP contribution is 2.27. The summed E-state index contributed by atoms with van der Waals surface area (Å²) < 4.78 is 35.9. The Bertz CT molecular complexity index is 825. The maximum atomic E-state index is 12.5. The Hall–Kier alpha value is -2.17. The molecule has 10 heteroatoms. The second kappa shape index (κ2) is 9.35. The lowest BCUT2D eigenvalue weighted by Crippen LogP contribution is -2.41. The highest BCUT2D eigenvalue weighted by molar-refractivity contribution is 7.89. The summed E-state index contributed by atoms with van der Waals surface area (Å²) in [6, 6.07) is 3.86. The van der Waals surface area contributed by atoms with E-state index >= 15 is 0 Å². The van der Waals surface area contributed by atoms with Gasteiger partial charge in [0, 0.05) is 20.1 Å². The maximum Gasteiger partial charge on any atom is 0.338 e. The van der Waals surface area contributed by atoms with E-state index in [1.807, 2.05) is 0 Å². The first-order chi connectivity index (χ1) is 13.2. The van der Waals surface area contributed by atoms with Gasteiger partial charge in [0.15, 0.2) is 6.61 Å². The molecular weight excluding hydrogens is 388 g/mol. The second-order valence-corrected chi connectivity index (χ2v) is 8.53. The van der Waals surface area contributed by atoms with Gasteiger partial charge in [-0.2, -0.15) is 0 Å². The van der Waals surface area contributed by atoms with E-state index in [0.717, 1.165) is 18.9 Å². The Balaban J connectivity index is 2.13. The van der Waals surface area contributed by atoms with Crippen LogP contribution in [0.15, 0.2) is 23.1 Å². The van der Waals surface area contributed by atoms with Crippen LogP contribution in [-0.4, -0.2) is 70.6 Å². The SMILES string of the molecule is COc1ccc(C(=O)OCC(=O)N2CCC[C@H](C)C2)cc1S(=O)(=O)N(C)OC. The summed E-state index contributed by atoms with van der Waals surface area (Å²) in [5.74, 6) is -0.586. The molecular formula is C18H26N2O7S. The Labute approximate surface area is 165 Å². The fourth-order valence-corrected chi connectivity index (χ4v) is 4.11. The minimum absolute atomic E-state index is 0.0105. The molecule has 0 unspecified atom stereocenters. The zero-order valence-corrected chi connectivity index (χ0v) is 17.3. The zero-order chi connectivity index (χ0) is 20.9. The van der Waals surface area contributed by atoms with Gasteiger partial charge in [-0.15, -0.1) is 0 Å². The van der Waals surface area contributed by atoms with Crippen molar-refractivity contribution in [1.29, 1.82) is 0 Å². The van der Waals surface area contributed by atoms with Crippen molar-refractivity contribution >= 4 is 21.9 Å². The lowest BCUT2D eigenvalue weighted by Gasteiger charge is -2.30. The van der Waals surface area contributed by atoms with Crippen LogP contribution in [0, 0.1) is 5.92 Å². The van der Waals surface area contributed by atoms with Gasteiger partial charge in [-0.3, -0.25) is 9.63 Å². The number of benzene rings is 1. The van der Waals surface area contributed by atoms with Crippen LogP contribution in [0.5, 0.6) is 5.75 Å². The van der Waals surface area contributed by atoms with E-state index in [2.05, 4.69) is 6.92 Å². The summed E-state index contributed by atoms with van der Waals surface area (Å²) >= 11 is 0. The van der Waals surface area contributed by atoms with Gasteiger partial charge in [-0.05, 0) is 37.0 Å². The average Bonchev–Trinajstić information content (AvgIpc) is 2.70. The molecule has 0 spiro atoms. The number of hydrogen-bond donors (Lipinski definition) is 0. The molecule has 1 aliphatic heterocycles. The molecule has 1 atom stereocenters. The number of piperidine rings is 1. The van der Waals surface area contributed by atoms with Crippen LogP contribution in [0.25, 0.3) is 0 Å². The first kappa shape index (κ1) is 22.1. The molecule has 1 saturated heterocycles. The molecule has 9 nitrogen and oxygen atoms in total. The van der Waals surface area contributed by atoms with Crippen LogP contribution in [0.2, 0.25) is 0 Å². The Morgan fingerprint density at radius 1 is 1.29 bits per heavy atom. The molecule has 28 heavy (non-hydrogen) atoms. The van der Waals surface area contributed by atoms with Crippen LogP contribution in [0.4, 0.5) is 0 Å². The van der Waals surface area contributed by atoms with Crippen LogP contribution >= 0.6 is 0 Å². The average molecular weight is 414 g/mol. The first-order valence-electron chi connectivity index (χ1n) is 8.86. The van der Waals surface area contributed by atoms with E-state index in [1.165, 1.54) is 33.4 Å². The summed E-state index contributed by atoms with van der Waals surface area (Å²) in [7, 11) is -0.298. The number of amides is 1. The van der Waals surface area contributed by atoms with E-state index in [9.17, 15) is 18.0 Å².